The molecule has 6 nitrogen and oxygen atoms in total. The predicted octanol–water partition coefficient (Wildman–Crippen LogP) is 3.58. The Morgan fingerprint density at radius 3 is 2.71 bits per heavy atom. The lowest BCUT2D eigenvalue weighted by Gasteiger charge is -2.31. The summed E-state index contributed by atoms with van der Waals surface area (Å²) in [7, 11) is 2.16. The average molecular weight is 377 g/mol. The highest BCUT2D eigenvalue weighted by molar-refractivity contribution is 5.43. The zero-order chi connectivity index (χ0) is 19.3. The van der Waals surface area contributed by atoms with E-state index in [9.17, 15) is 0 Å². The standard InChI is InChI=1S/C22H27N5O/c1-22(12-5-13-26(22)2)21-25-24-20-11-8-15(14-27(20)21)28-19-10-9-18(23)16-6-3-4-7-17(16)19/h3-4,6-8,11,14,18-19H,5,9-10,12-13,23H2,1-2H3/t18-,19?,22-/m0/s1. The first kappa shape index (κ1) is 17.6. The molecule has 0 spiro atoms. The number of rotatable bonds is 3. The molecule has 1 unspecified atom stereocenters. The largest absolute Gasteiger partial charge is 0.484 e. The number of hydrogen-bond donors (Lipinski definition) is 1. The number of fused-ring (bicyclic) bond motifs is 2. The van der Waals surface area contributed by atoms with Crippen LogP contribution in [0, 0.1) is 0 Å². The third kappa shape index (κ3) is 2.71. The van der Waals surface area contributed by atoms with Crippen LogP contribution in [0.2, 0.25) is 0 Å². The lowest BCUT2D eigenvalue weighted by Crippen LogP contribution is -2.37. The highest BCUT2D eigenvalue weighted by Gasteiger charge is 2.39. The van der Waals surface area contributed by atoms with Gasteiger partial charge in [-0.2, -0.15) is 0 Å². The summed E-state index contributed by atoms with van der Waals surface area (Å²) in [5, 5.41) is 8.92. The molecule has 2 aromatic heterocycles. The Morgan fingerprint density at radius 1 is 1.11 bits per heavy atom. The van der Waals surface area contributed by atoms with E-state index in [1.807, 2.05) is 18.3 Å². The fourth-order valence-corrected chi connectivity index (χ4v) is 4.76. The molecule has 5 rings (SSSR count). The lowest BCUT2D eigenvalue weighted by molar-refractivity contribution is 0.174. The molecule has 2 N–H and O–H groups in total. The number of aromatic nitrogens is 3. The second-order valence-electron chi connectivity index (χ2n) is 8.33. The van der Waals surface area contributed by atoms with Gasteiger partial charge in [0.2, 0.25) is 0 Å². The van der Waals surface area contributed by atoms with Crippen molar-refractivity contribution in [3.8, 4) is 5.75 Å². The van der Waals surface area contributed by atoms with Gasteiger partial charge in [0, 0.05) is 6.04 Å². The van der Waals surface area contributed by atoms with Crippen LogP contribution in [0.1, 0.15) is 61.7 Å². The Morgan fingerprint density at radius 2 is 1.93 bits per heavy atom. The molecule has 3 aromatic rings. The van der Waals surface area contributed by atoms with Crippen LogP contribution in [-0.2, 0) is 5.54 Å². The smallest absolute Gasteiger partial charge is 0.161 e. The second-order valence-corrected chi connectivity index (χ2v) is 8.33. The molecule has 3 heterocycles. The summed E-state index contributed by atoms with van der Waals surface area (Å²) in [4.78, 5) is 2.37. The molecular formula is C22H27N5O. The molecule has 1 aromatic carbocycles. The van der Waals surface area contributed by atoms with Crippen molar-refractivity contribution in [1.29, 1.82) is 0 Å². The number of ether oxygens (including phenoxy) is 1. The van der Waals surface area contributed by atoms with Gasteiger partial charge in [-0.3, -0.25) is 9.30 Å². The summed E-state index contributed by atoms with van der Waals surface area (Å²) in [6.07, 6.45) is 6.19. The molecule has 1 aliphatic carbocycles. The average Bonchev–Trinajstić information content (AvgIpc) is 3.28. The number of pyridine rings is 1. The molecule has 146 valence electrons. The molecule has 6 heteroatoms. The normalized spacial score (nSPS) is 27.8. The van der Waals surface area contributed by atoms with Crippen LogP contribution < -0.4 is 10.5 Å². The van der Waals surface area contributed by atoms with Crippen molar-refractivity contribution in [3.63, 3.8) is 0 Å². The van der Waals surface area contributed by atoms with Crippen molar-refractivity contribution in [2.24, 2.45) is 5.73 Å². The number of hydrogen-bond acceptors (Lipinski definition) is 5. The number of benzene rings is 1. The summed E-state index contributed by atoms with van der Waals surface area (Å²) in [5.74, 6) is 1.83. The van der Waals surface area contributed by atoms with Gasteiger partial charge in [-0.25, -0.2) is 0 Å². The molecule has 0 saturated carbocycles. The molecular weight excluding hydrogens is 350 g/mol. The van der Waals surface area contributed by atoms with Crippen LogP contribution in [0.4, 0.5) is 0 Å². The van der Waals surface area contributed by atoms with Gasteiger partial charge in [0.25, 0.3) is 0 Å². The molecule has 0 bridgehead atoms. The maximum Gasteiger partial charge on any atom is 0.161 e. The zero-order valence-electron chi connectivity index (χ0n) is 16.5. The molecule has 3 atom stereocenters. The maximum absolute atomic E-state index is 6.44. The van der Waals surface area contributed by atoms with Crippen molar-refractivity contribution in [3.05, 3.63) is 59.5 Å². The Labute approximate surface area is 165 Å². The highest BCUT2D eigenvalue weighted by Crippen LogP contribution is 2.39. The van der Waals surface area contributed by atoms with Gasteiger partial charge in [0.15, 0.2) is 11.5 Å². The molecule has 1 saturated heterocycles. The number of nitrogens with two attached hydrogens (primary N) is 1. The summed E-state index contributed by atoms with van der Waals surface area (Å²) < 4.78 is 8.53. The van der Waals surface area contributed by atoms with Crippen molar-refractivity contribution in [1.82, 2.24) is 19.5 Å². The molecule has 0 amide bonds. The summed E-state index contributed by atoms with van der Waals surface area (Å²) in [6, 6.07) is 12.4. The van der Waals surface area contributed by atoms with Crippen molar-refractivity contribution < 1.29 is 4.74 Å². The van der Waals surface area contributed by atoms with E-state index >= 15 is 0 Å². The van der Waals surface area contributed by atoms with Crippen molar-refractivity contribution >= 4 is 5.65 Å². The first-order valence-electron chi connectivity index (χ1n) is 10.1. The van der Waals surface area contributed by atoms with Crippen LogP contribution in [0.3, 0.4) is 0 Å². The van der Waals surface area contributed by atoms with E-state index in [2.05, 4.69) is 57.7 Å². The quantitative estimate of drug-likeness (QED) is 0.755. The molecule has 1 aliphatic heterocycles. The Kier molecular flexibility index (Phi) is 4.14. The van der Waals surface area contributed by atoms with Gasteiger partial charge in [-0.15, -0.1) is 10.2 Å². The molecule has 1 fully saturated rings. The lowest BCUT2D eigenvalue weighted by atomic mass is 9.86. The Balaban J connectivity index is 1.50. The predicted molar refractivity (Wildman–Crippen MR) is 108 cm³/mol. The minimum absolute atomic E-state index is 0.0260. The summed E-state index contributed by atoms with van der Waals surface area (Å²) in [5.41, 5.74) is 9.46. The summed E-state index contributed by atoms with van der Waals surface area (Å²) >= 11 is 0. The zero-order valence-corrected chi connectivity index (χ0v) is 16.5. The topological polar surface area (TPSA) is 68.7 Å². The minimum atomic E-state index is -0.0950. The van der Waals surface area contributed by atoms with Gasteiger partial charge < -0.3 is 10.5 Å². The van der Waals surface area contributed by atoms with E-state index in [-0.39, 0.29) is 17.7 Å². The van der Waals surface area contributed by atoms with Crippen LogP contribution in [0.15, 0.2) is 42.6 Å². The SMILES string of the molecule is CN1CCC[C@@]1(C)c1nnc2ccc(OC3CC[C@H](N)c4ccccc43)cn12. The van der Waals surface area contributed by atoms with Crippen LogP contribution in [0.5, 0.6) is 5.75 Å². The third-order valence-electron chi connectivity index (χ3n) is 6.62. The third-order valence-corrected chi connectivity index (χ3v) is 6.62. The molecule has 2 aliphatic rings. The first-order chi connectivity index (χ1) is 13.6. The van der Waals surface area contributed by atoms with E-state index in [0.717, 1.165) is 43.0 Å². The monoisotopic (exact) mass is 377 g/mol. The molecule has 28 heavy (non-hydrogen) atoms. The van der Waals surface area contributed by atoms with Crippen molar-refractivity contribution in [2.75, 3.05) is 13.6 Å². The summed E-state index contributed by atoms with van der Waals surface area (Å²) in [6.45, 7) is 3.34. The second kappa shape index (κ2) is 6.57. The Bertz CT molecular complexity index is 1020. The van der Waals surface area contributed by atoms with E-state index in [0.29, 0.717) is 0 Å². The fraction of sp³-hybridized carbons (Fsp3) is 0.455. The number of nitrogens with zero attached hydrogens (tertiary/aromatic N) is 4. The van der Waals surface area contributed by atoms with Crippen molar-refractivity contribution in [2.45, 2.75) is 50.3 Å². The number of likely N-dealkylation sites (tertiary alicyclic amines) is 1. The highest BCUT2D eigenvalue weighted by atomic mass is 16.5. The van der Waals surface area contributed by atoms with E-state index < -0.39 is 0 Å². The van der Waals surface area contributed by atoms with Gasteiger partial charge in [0.05, 0.1) is 11.7 Å². The van der Waals surface area contributed by atoms with Gasteiger partial charge >= 0.3 is 0 Å². The van der Waals surface area contributed by atoms with E-state index in [1.165, 1.54) is 17.5 Å². The van der Waals surface area contributed by atoms with Crippen LogP contribution in [0.25, 0.3) is 5.65 Å². The van der Waals surface area contributed by atoms with Gasteiger partial charge in [-0.05, 0) is 69.5 Å². The van der Waals surface area contributed by atoms with Crippen LogP contribution >= 0.6 is 0 Å². The minimum Gasteiger partial charge on any atom is -0.484 e. The van der Waals surface area contributed by atoms with Gasteiger partial charge in [-0.1, -0.05) is 24.3 Å². The van der Waals surface area contributed by atoms with E-state index in [1.54, 1.807) is 0 Å². The molecule has 0 radical (unpaired) electrons. The maximum atomic E-state index is 6.44. The first-order valence-corrected chi connectivity index (χ1v) is 10.1. The van der Waals surface area contributed by atoms with Crippen LogP contribution in [-0.4, -0.2) is 33.1 Å². The van der Waals surface area contributed by atoms with Gasteiger partial charge in [0.1, 0.15) is 11.9 Å². The van der Waals surface area contributed by atoms with E-state index in [4.69, 9.17) is 10.5 Å². The Hall–Kier alpha value is -2.44. The fourth-order valence-electron chi connectivity index (χ4n) is 4.76.